The second-order valence-corrected chi connectivity index (χ2v) is 7.90. The minimum absolute atomic E-state index is 0.0102. The van der Waals surface area contributed by atoms with Crippen LogP contribution in [0.25, 0.3) is 0 Å². The molecule has 31 heavy (non-hydrogen) atoms. The summed E-state index contributed by atoms with van der Waals surface area (Å²) in [5.74, 6) is 0.464. The molecule has 2 amide bonds. The molecule has 4 rings (SSSR count). The largest absolute Gasteiger partial charge is 0.482 e. The Balaban J connectivity index is 1.40. The normalized spacial score (nSPS) is 12.8. The van der Waals surface area contributed by atoms with Crippen molar-refractivity contribution in [2.75, 3.05) is 16.8 Å². The predicted molar refractivity (Wildman–Crippen MR) is 123 cm³/mol. The van der Waals surface area contributed by atoms with Crippen molar-refractivity contribution in [2.45, 2.75) is 25.8 Å². The van der Waals surface area contributed by atoms with Gasteiger partial charge in [0.15, 0.2) is 6.61 Å². The van der Waals surface area contributed by atoms with E-state index < -0.39 is 0 Å². The van der Waals surface area contributed by atoms with Gasteiger partial charge in [-0.3, -0.25) is 9.59 Å². The molecule has 158 valence electrons. The number of carbonyl (C=O) groups is 2. The molecule has 0 fully saturated rings. The zero-order valence-electron chi connectivity index (χ0n) is 17.0. The van der Waals surface area contributed by atoms with Crippen LogP contribution in [0.4, 0.5) is 11.4 Å². The first-order chi connectivity index (χ1) is 15.1. The molecule has 0 unspecified atom stereocenters. The summed E-state index contributed by atoms with van der Waals surface area (Å²) in [6.45, 7) is 0.463. The van der Waals surface area contributed by atoms with Crippen LogP contribution in [0.3, 0.4) is 0 Å². The fourth-order valence-electron chi connectivity index (χ4n) is 3.55. The smallest absolute Gasteiger partial charge is 0.265 e. The minimum Gasteiger partial charge on any atom is -0.482 e. The Morgan fingerprint density at radius 3 is 2.55 bits per heavy atom. The standard InChI is InChI=1S/C25H23ClN2O3/c26-20-11-9-18(10-12-20)7-4-8-24(29)27-21-13-14-23-22(15-21)28(25(30)17-31-23)16-19-5-2-1-3-6-19/h1-3,5-6,9-15H,4,7-8,16-17H2,(H,27,29). The lowest BCUT2D eigenvalue weighted by Gasteiger charge is -2.30. The average molecular weight is 435 g/mol. The third-order valence-corrected chi connectivity index (χ3v) is 5.40. The van der Waals surface area contributed by atoms with Crippen LogP contribution in [-0.4, -0.2) is 18.4 Å². The van der Waals surface area contributed by atoms with Gasteiger partial charge in [0.05, 0.1) is 12.2 Å². The molecule has 3 aromatic carbocycles. The molecule has 6 heteroatoms. The van der Waals surface area contributed by atoms with Gasteiger partial charge in [0, 0.05) is 17.1 Å². The number of rotatable bonds is 7. The number of nitrogens with one attached hydrogen (secondary N) is 1. The van der Waals surface area contributed by atoms with Crippen LogP contribution in [0.5, 0.6) is 5.75 Å². The molecule has 0 saturated carbocycles. The van der Waals surface area contributed by atoms with Gasteiger partial charge in [-0.15, -0.1) is 0 Å². The molecule has 0 atom stereocenters. The van der Waals surface area contributed by atoms with Gasteiger partial charge < -0.3 is 15.0 Å². The van der Waals surface area contributed by atoms with Gasteiger partial charge in [-0.25, -0.2) is 0 Å². The molecular weight excluding hydrogens is 412 g/mol. The molecular formula is C25H23ClN2O3. The van der Waals surface area contributed by atoms with Gasteiger partial charge >= 0.3 is 0 Å². The van der Waals surface area contributed by atoms with E-state index in [2.05, 4.69) is 5.32 Å². The number of aryl methyl sites for hydroxylation is 1. The molecule has 1 N–H and O–H groups in total. The van der Waals surface area contributed by atoms with Crippen LogP contribution in [0, 0.1) is 0 Å². The monoisotopic (exact) mass is 434 g/mol. The highest BCUT2D eigenvalue weighted by molar-refractivity contribution is 6.30. The van der Waals surface area contributed by atoms with Crippen LogP contribution in [-0.2, 0) is 22.6 Å². The fourth-order valence-corrected chi connectivity index (χ4v) is 3.67. The number of carbonyl (C=O) groups excluding carboxylic acids is 2. The van der Waals surface area contributed by atoms with Crippen molar-refractivity contribution in [1.82, 2.24) is 0 Å². The average Bonchev–Trinajstić information content (AvgIpc) is 2.78. The van der Waals surface area contributed by atoms with E-state index in [1.807, 2.05) is 54.6 Å². The molecule has 0 radical (unpaired) electrons. The van der Waals surface area contributed by atoms with E-state index in [1.54, 1.807) is 23.1 Å². The van der Waals surface area contributed by atoms with Gasteiger partial charge in [0.25, 0.3) is 5.91 Å². The van der Waals surface area contributed by atoms with Crippen molar-refractivity contribution in [3.63, 3.8) is 0 Å². The molecule has 0 aliphatic carbocycles. The topological polar surface area (TPSA) is 58.6 Å². The maximum Gasteiger partial charge on any atom is 0.265 e. The summed E-state index contributed by atoms with van der Waals surface area (Å²) < 4.78 is 5.57. The highest BCUT2D eigenvalue weighted by Crippen LogP contribution is 2.35. The minimum atomic E-state index is -0.109. The second kappa shape index (κ2) is 9.67. The van der Waals surface area contributed by atoms with Crippen molar-refractivity contribution < 1.29 is 14.3 Å². The van der Waals surface area contributed by atoms with Crippen molar-refractivity contribution in [3.8, 4) is 5.75 Å². The predicted octanol–water partition coefficient (Wildman–Crippen LogP) is 5.23. The van der Waals surface area contributed by atoms with Gasteiger partial charge in [0.2, 0.25) is 5.91 Å². The van der Waals surface area contributed by atoms with Crippen LogP contribution in [0.2, 0.25) is 5.02 Å². The van der Waals surface area contributed by atoms with E-state index in [0.29, 0.717) is 35.1 Å². The molecule has 0 bridgehead atoms. The SMILES string of the molecule is O=C(CCCc1ccc(Cl)cc1)Nc1ccc2c(c1)N(Cc1ccccc1)C(=O)CO2. The third-order valence-electron chi connectivity index (χ3n) is 5.15. The lowest BCUT2D eigenvalue weighted by atomic mass is 10.1. The maximum absolute atomic E-state index is 12.5. The molecule has 0 spiro atoms. The third kappa shape index (κ3) is 5.44. The van der Waals surface area contributed by atoms with E-state index in [0.717, 1.165) is 24.0 Å². The Bertz CT molecular complexity index is 1070. The van der Waals surface area contributed by atoms with E-state index in [9.17, 15) is 9.59 Å². The summed E-state index contributed by atoms with van der Waals surface area (Å²) in [6, 6.07) is 22.8. The van der Waals surface area contributed by atoms with E-state index in [1.165, 1.54) is 0 Å². The highest BCUT2D eigenvalue weighted by Gasteiger charge is 2.26. The number of fused-ring (bicyclic) bond motifs is 1. The molecule has 5 nitrogen and oxygen atoms in total. The molecule has 1 aliphatic heterocycles. The number of hydrogen-bond donors (Lipinski definition) is 1. The lowest BCUT2D eigenvalue weighted by molar-refractivity contribution is -0.121. The zero-order chi connectivity index (χ0) is 21.6. The second-order valence-electron chi connectivity index (χ2n) is 7.46. The number of nitrogens with zero attached hydrogens (tertiary/aromatic N) is 1. The number of halogens is 1. The van der Waals surface area contributed by atoms with Crippen molar-refractivity contribution in [3.05, 3.63) is 88.9 Å². The first kappa shape index (κ1) is 20.9. The van der Waals surface area contributed by atoms with E-state index in [4.69, 9.17) is 16.3 Å². The van der Waals surface area contributed by atoms with Crippen LogP contribution in [0.1, 0.15) is 24.0 Å². The van der Waals surface area contributed by atoms with E-state index >= 15 is 0 Å². The van der Waals surface area contributed by atoms with E-state index in [-0.39, 0.29) is 18.4 Å². The fraction of sp³-hybridized carbons (Fsp3) is 0.200. The van der Waals surface area contributed by atoms with Crippen molar-refractivity contribution in [2.24, 2.45) is 0 Å². The highest BCUT2D eigenvalue weighted by atomic mass is 35.5. The van der Waals surface area contributed by atoms with Crippen molar-refractivity contribution in [1.29, 1.82) is 0 Å². The van der Waals surface area contributed by atoms with Crippen LogP contribution in [0.15, 0.2) is 72.8 Å². The number of anilines is 2. The van der Waals surface area contributed by atoms with Gasteiger partial charge in [-0.2, -0.15) is 0 Å². The first-order valence-electron chi connectivity index (χ1n) is 10.2. The Labute approximate surface area is 186 Å². The Morgan fingerprint density at radius 1 is 1.00 bits per heavy atom. The zero-order valence-corrected chi connectivity index (χ0v) is 17.8. The Kier molecular flexibility index (Phi) is 6.53. The summed E-state index contributed by atoms with van der Waals surface area (Å²) in [5, 5.41) is 3.64. The van der Waals surface area contributed by atoms with Crippen LogP contribution >= 0.6 is 11.6 Å². The molecule has 0 aromatic heterocycles. The summed E-state index contributed by atoms with van der Waals surface area (Å²) in [4.78, 5) is 26.6. The Hall–Kier alpha value is -3.31. The molecule has 0 saturated heterocycles. The first-order valence-corrected chi connectivity index (χ1v) is 10.6. The van der Waals surface area contributed by atoms with Crippen molar-refractivity contribution >= 4 is 34.8 Å². The summed E-state index contributed by atoms with van der Waals surface area (Å²) in [5.41, 5.74) is 3.49. The molecule has 1 aliphatic rings. The quantitative estimate of drug-likeness (QED) is 0.554. The maximum atomic E-state index is 12.5. The number of ether oxygens (including phenoxy) is 1. The van der Waals surface area contributed by atoms with Crippen LogP contribution < -0.4 is 15.0 Å². The summed E-state index contributed by atoms with van der Waals surface area (Å²) in [7, 11) is 0. The summed E-state index contributed by atoms with van der Waals surface area (Å²) in [6.07, 6.45) is 1.95. The summed E-state index contributed by atoms with van der Waals surface area (Å²) >= 11 is 5.90. The van der Waals surface area contributed by atoms with Gasteiger partial charge in [-0.1, -0.05) is 54.1 Å². The number of hydrogen-bond acceptors (Lipinski definition) is 3. The lowest BCUT2D eigenvalue weighted by Crippen LogP contribution is -2.38. The number of amides is 2. The molecule has 1 heterocycles. The van der Waals surface area contributed by atoms with Gasteiger partial charge in [-0.05, 0) is 54.3 Å². The molecule has 3 aromatic rings. The van der Waals surface area contributed by atoms with Gasteiger partial charge in [0.1, 0.15) is 5.75 Å². The number of benzene rings is 3. The Morgan fingerprint density at radius 2 is 1.77 bits per heavy atom.